The predicted molar refractivity (Wildman–Crippen MR) is 53.5 cm³/mol. The van der Waals surface area contributed by atoms with Crippen LogP contribution in [-0.2, 0) is 0 Å². The summed E-state index contributed by atoms with van der Waals surface area (Å²) in [5.41, 5.74) is 0.756. The summed E-state index contributed by atoms with van der Waals surface area (Å²) in [4.78, 5) is 7.20. The van der Waals surface area contributed by atoms with Gasteiger partial charge in [0.2, 0.25) is 5.88 Å². The summed E-state index contributed by atoms with van der Waals surface area (Å²) in [5, 5.41) is 1.02. The van der Waals surface area contributed by atoms with Gasteiger partial charge in [-0.15, -0.1) is 0 Å². The Morgan fingerprint density at radius 3 is 2.85 bits per heavy atom. The van der Waals surface area contributed by atoms with E-state index >= 15 is 0 Å². The fourth-order valence-electron chi connectivity index (χ4n) is 1.12. The minimum Gasteiger partial charge on any atom is -0.481 e. The van der Waals surface area contributed by atoms with Gasteiger partial charge < -0.3 is 9.72 Å². The summed E-state index contributed by atoms with van der Waals surface area (Å²) in [7, 11) is 1.59. The summed E-state index contributed by atoms with van der Waals surface area (Å²) in [6, 6.07) is 7.53. The van der Waals surface area contributed by atoms with Crippen LogP contribution in [-0.4, -0.2) is 17.1 Å². The molecule has 3 nitrogen and oxygen atoms in total. The molecule has 0 saturated carbocycles. The van der Waals surface area contributed by atoms with Crippen molar-refractivity contribution in [3.8, 4) is 5.88 Å². The smallest absolute Gasteiger partial charge is 0.214 e. The Kier molecular flexibility index (Phi) is 1.98. The number of methoxy groups -OCH3 is 1. The molecule has 2 heterocycles. The lowest BCUT2D eigenvalue weighted by atomic mass is 10.3. The number of pyridine rings is 2. The van der Waals surface area contributed by atoms with E-state index in [0.717, 1.165) is 11.0 Å². The van der Waals surface area contributed by atoms with Crippen molar-refractivity contribution in [2.75, 3.05) is 7.11 Å². The molecule has 0 unspecified atom stereocenters. The number of H-pyrrole nitrogens is 1. The first-order valence-corrected chi connectivity index (χ1v) is 4.24. The van der Waals surface area contributed by atoms with Crippen molar-refractivity contribution in [2.24, 2.45) is 0 Å². The fourth-order valence-corrected chi connectivity index (χ4v) is 1.29. The van der Waals surface area contributed by atoms with E-state index in [9.17, 15) is 0 Å². The summed E-state index contributed by atoms with van der Waals surface area (Å²) < 4.78 is 5.67. The van der Waals surface area contributed by atoms with Gasteiger partial charge in [-0.1, -0.05) is 12.2 Å². The lowest BCUT2D eigenvalue weighted by Gasteiger charge is -2.00. The van der Waals surface area contributed by atoms with Gasteiger partial charge in [0.05, 0.1) is 7.11 Å². The van der Waals surface area contributed by atoms with Gasteiger partial charge in [0.1, 0.15) is 10.3 Å². The molecule has 4 heteroatoms. The molecule has 0 bridgehead atoms. The number of aromatic nitrogens is 2. The number of nitrogens with zero attached hydrogens (tertiary/aromatic N) is 1. The number of hydrogen-bond donors (Lipinski definition) is 1. The van der Waals surface area contributed by atoms with E-state index in [2.05, 4.69) is 9.97 Å². The third-order valence-electron chi connectivity index (χ3n) is 1.77. The highest BCUT2D eigenvalue weighted by Crippen LogP contribution is 2.13. The Morgan fingerprint density at radius 1 is 1.31 bits per heavy atom. The number of fused-ring (bicyclic) bond motifs is 1. The van der Waals surface area contributed by atoms with Crippen LogP contribution >= 0.6 is 12.2 Å². The van der Waals surface area contributed by atoms with Crippen molar-refractivity contribution in [1.29, 1.82) is 0 Å². The molecular formula is C9H8N2OS. The minimum atomic E-state index is 0.587. The van der Waals surface area contributed by atoms with Crippen molar-refractivity contribution in [3.05, 3.63) is 28.9 Å². The van der Waals surface area contributed by atoms with Gasteiger partial charge in [-0.2, -0.15) is 4.98 Å². The molecule has 0 aliphatic carbocycles. The third kappa shape index (κ3) is 1.53. The fraction of sp³-hybridized carbons (Fsp3) is 0.111. The number of hydrogen-bond acceptors (Lipinski definition) is 3. The van der Waals surface area contributed by atoms with Crippen molar-refractivity contribution in [1.82, 2.24) is 9.97 Å². The van der Waals surface area contributed by atoms with Gasteiger partial charge >= 0.3 is 0 Å². The van der Waals surface area contributed by atoms with Crippen molar-refractivity contribution in [2.45, 2.75) is 0 Å². The van der Waals surface area contributed by atoms with Crippen LogP contribution < -0.4 is 4.74 Å². The minimum absolute atomic E-state index is 0.587. The molecule has 0 spiro atoms. The first-order chi connectivity index (χ1) is 6.29. The maximum atomic E-state index is 5.00. The quantitative estimate of drug-likeness (QED) is 0.704. The highest BCUT2D eigenvalue weighted by molar-refractivity contribution is 7.71. The Bertz CT molecular complexity index is 492. The predicted octanol–water partition coefficient (Wildman–Crippen LogP) is 2.30. The van der Waals surface area contributed by atoms with Crippen molar-refractivity contribution >= 4 is 23.3 Å². The molecule has 0 radical (unpaired) electrons. The lowest BCUT2D eigenvalue weighted by molar-refractivity contribution is 0.399. The van der Waals surface area contributed by atoms with Crippen LogP contribution in [0.2, 0.25) is 0 Å². The maximum Gasteiger partial charge on any atom is 0.214 e. The third-order valence-corrected chi connectivity index (χ3v) is 2.00. The zero-order valence-corrected chi connectivity index (χ0v) is 7.89. The van der Waals surface area contributed by atoms with Gasteiger partial charge in [0, 0.05) is 11.5 Å². The van der Waals surface area contributed by atoms with Crippen molar-refractivity contribution in [3.63, 3.8) is 0 Å². The van der Waals surface area contributed by atoms with Gasteiger partial charge in [0.15, 0.2) is 0 Å². The normalized spacial score (nSPS) is 10.2. The van der Waals surface area contributed by atoms with E-state index < -0.39 is 0 Å². The molecule has 0 atom stereocenters. The average molecular weight is 192 g/mol. The highest BCUT2D eigenvalue weighted by Gasteiger charge is 1.96. The van der Waals surface area contributed by atoms with Gasteiger partial charge in [-0.3, -0.25) is 0 Å². The number of ether oxygens (including phenoxy) is 1. The molecule has 0 aliphatic rings. The van der Waals surface area contributed by atoms with Gasteiger partial charge in [0.25, 0.3) is 0 Å². The molecule has 2 aromatic heterocycles. The van der Waals surface area contributed by atoms with Crippen LogP contribution in [0.15, 0.2) is 24.3 Å². The Morgan fingerprint density at radius 2 is 2.08 bits per heavy atom. The monoisotopic (exact) mass is 192 g/mol. The zero-order valence-electron chi connectivity index (χ0n) is 7.07. The van der Waals surface area contributed by atoms with Gasteiger partial charge in [-0.05, 0) is 18.2 Å². The highest BCUT2D eigenvalue weighted by atomic mass is 32.1. The Hall–Kier alpha value is -1.42. The molecule has 2 aromatic rings. The Balaban J connectivity index is 2.75. The van der Waals surface area contributed by atoms with E-state index in [1.165, 1.54) is 0 Å². The second kappa shape index (κ2) is 3.14. The van der Waals surface area contributed by atoms with E-state index in [0.29, 0.717) is 10.5 Å². The summed E-state index contributed by atoms with van der Waals surface area (Å²) in [6.07, 6.45) is 0. The average Bonchev–Trinajstić information content (AvgIpc) is 2.16. The topological polar surface area (TPSA) is 37.9 Å². The van der Waals surface area contributed by atoms with Gasteiger partial charge in [-0.25, -0.2) is 0 Å². The zero-order chi connectivity index (χ0) is 9.26. The second-order valence-corrected chi connectivity index (χ2v) is 3.05. The summed E-state index contributed by atoms with van der Waals surface area (Å²) >= 11 is 4.98. The molecular weight excluding hydrogens is 184 g/mol. The molecule has 13 heavy (non-hydrogen) atoms. The SMILES string of the molecule is COc1ccc2ccc(=S)[nH]c2n1. The standard InChI is InChI=1S/C9H8N2OS/c1-12-7-4-2-6-3-5-8(13)11-9(6)10-7/h2-5H,1H3,(H,10,11,13). The first kappa shape index (κ1) is 8.19. The van der Waals surface area contributed by atoms with Crippen LogP contribution in [0.25, 0.3) is 11.0 Å². The number of aromatic amines is 1. The number of rotatable bonds is 1. The largest absolute Gasteiger partial charge is 0.481 e. The van der Waals surface area contributed by atoms with Crippen LogP contribution in [0.4, 0.5) is 0 Å². The first-order valence-electron chi connectivity index (χ1n) is 3.84. The molecule has 66 valence electrons. The molecule has 1 N–H and O–H groups in total. The summed E-state index contributed by atoms with van der Waals surface area (Å²) in [5.74, 6) is 0.587. The van der Waals surface area contributed by atoms with Crippen LogP contribution in [0, 0.1) is 4.64 Å². The molecule has 0 amide bonds. The molecule has 0 aromatic carbocycles. The second-order valence-electron chi connectivity index (χ2n) is 2.61. The maximum absolute atomic E-state index is 5.00. The van der Waals surface area contributed by atoms with Crippen LogP contribution in [0.5, 0.6) is 5.88 Å². The summed E-state index contributed by atoms with van der Waals surface area (Å²) in [6.45, 7) is 0. The van der Waals surface area contributed by atoms with E-state index in [-0.39, 0.29) is 0 Å². The molecule has 0 saturated heterocycles. The molecule has 2 rings (SSSR count). The van der Waals surface area contributed by atoms with E-state index in [1.54, 1.807) is 7.11 Å². The molecule has 0 fully saturated rings. The Labute approximate surface area is 80.4 Å². The van der Waals surface area contributed by atoms with Crippen LogP contribution in [0.3, 0.4) is 0 Å². The van der Waals surface area contributed by atoms with Crippen molar-refractivity contribution < 1.29 is 4.74 Å². The van der Waals surface area contributed by atoms with E-state index in [1.807, 2.05) is 24.3 Å². The number of nitrogens with one attached hydrogen (secondary N) is 1. The lowest BCUT2D eigenvalue weighted by Crippen LogP contribution is -1.89. The molecule has 0 aliphatic heterocycles. The van der Waals surface area contributed by atoms with Crippen LogP contribution in [0.1, 0.15) is 0 Å². The van der Waals surface area contributed by atoms with E-state index in [4.69, 9.17) is 17.0 Å².